The third-order valence-electron chi connectivity index (χ3n) is 2.51. The molecule has 17 heavy (non-hydrogen) atoms. The largest absolute Gasteiger partial charge is 0.370 e. The van der Waals surface area contributed by atoms with Crippen molar-refractivity contribution in [3.05, 3.63) is 23.7 Å². The molecule has 0 aliphatic heterocycles. The van der Waals surface area contributed by atoms with Gasteiger partial charge in [0, 0.05) is 18.7 Å². The summed E-state index contributed by atoms with van der Waals surface area (Å²) in [7, 11) is 0. The van der Waals surface area contributed by atoms with Gasteiger partial charge in [-0.25, -0.2) is 9.97 Å². The van der Waals surface area contributed by atoms with Crippen molar-refractivity contribution in [2.75, 3.05) is 0 Å². The van der Waals surface area contributed by atoms with Crippen LogP contribution >= 0.6 is 11.6 Å². The molecule has 0 bridgehead atoms. The molecule has 0 aliphatic carbocycles. The molecule has 2 aromatic rings. The van der Waals surface area contributed by atoms with E-state index in [1.165, 1.54) is 0 Å². The molecule has 2 N–H and O–H groups in total. The number of alkyl halides is 1. The molecule has 0 unspecified atom stereocenters. The van der Waals surface area contributed by atoms with Gasteiger partial charge in [-0.2, -0.15) is 0 Å². The van der Waals surface area contributed by atoms with Crippen LogP contribution in [-0.4, -0.2) is 20.4 Å². The van der Waals surface area contributed by atoms with Crippen molar-refractivity contribution in [2.24, 2.45) is 5.73 Å². The highest BCUT2D eigenvalue weighted by Crippen LogP contribution is 2.16. The first-order valence-corrected chi connectivity index (χ1v) is 5.82. The number of nitrogens with two attached hydrogens (primary N) is 1. The number of amides is 1. The van der Waals surface area contributed by atoms with E-state index in [9.17, 15) is 4.79 Å². The predicted octanol–water partition coefficient (Wildman–Crippen LogP) is 1.35. The van der Waals surface area contributed by atoms with Gasteiger partial charge in [0.2, 0.25) is 5.91 Å². The van der Waals surface area contributed by atoms with Gasteiger partial charge in [-0.3, -0.25) is 4.79 Å². The number of carbonyl (C=O) groups is 1. The van der Waals surface area contributed by atoms with Crippen LogP contribution in [-0.2, 0) is 17.2 Å². The van der Waals surface area contributed by atoms with E-state index in [-0.39, 0.29) is 18.2 Å². The Kier molecular flexibility index (Phi) is 3.28. The Balaban J connectivity index is 2.48. The highest BCUT2D eigenvalue weighted by Gasteiger charge is 2.11. The summed E-state index contributed by atoms with van der Waals surface area (Å²) in [6, 6.07) is 3.79. The van der Waals surface area contributed by atoms with Crippen LogP contribution in [0.5, 0.6) is 0 Å². The molecule has 0 fully saturated rings. The third-order valence-corrected chi connectivity index (χ3v) is 2.75. The number of nitrogens with zero attached hydrogens (tertiary/aromatic N) is 3. The standard InChI is InChI=1S/C11H13ClN4O/c1-7-2-3-8-11(14-7)16(5-4-9(13)17)10(6-12)15-8/h2-3H,4-6H2,1H3,(H2,13,17). The van der Waals surface area contributed by atoms with Crippen molar-refractivity contribution in [3.63, 3.8) is 0 Å². The van der Waals surface area contributed by atoms with Crippen molar-refractivity contribution in [1.29, 1.82) is 0 Å². The summed E-state index contributed by atoms with van der Waals surface area (Å²) in [5.41, 5.74) is 7.59. The molecule has 90 valence electrons. The van der Waals surface area contributed by atoms with E-state index in [0.29, 0.717) is 12.4 Å². The topological polar surface area (TPSA) is 73.8 Å². The quantitative estimate of drug-likeness (QED) is 0.835. The van der Waals surface area contributed by atoms with E-state index in [1.54, 1.807) is 0 Å². The third kappa shape index (κ3) is 2.39. The predicted molar refractivity (Wildman–Crippen MR) is 65.6 cm³/mol. The maximum Gasteiger partial charge on any atom is 0.219 e. The molecule has 0 atom stereocenters. The number of hydrogen-bond donors (Lipinski definition) is 1. The second-order valence-corrected chi connectivity index (χ2v) is 4.09. The Morgan fingerprint density at radius 3 is 2.88 bits per heavy atom. The summed E-state index contributed by atoms with van der Waals surface area (Å²) in [6.07, 6.45) is 0.255. The van der Waals surface area contributed by atoms with Gasteiger partial charge in [-0.05, 0) is 19.1 Å². The fraction of sp³-hybridized carbons (Fsp3) is 0.364. The molecule has 0 saturated heterocycles. The molecule has 2 aromatic heterocycles. The first-order chi connectivity index (χ1) is 8.11. The Morgan fingerprint density at radius 1 is 1.47 bits per heavy atom. The molecule has 2 rings (SSSR count). The fourth-order valence-electron chi connectivity index (χ4n) is 1.70. The van der Waals surface area contributed by atoms with Crippen molar-refractivity contribution >= 4 is 28.7 Å². The normalized spacial score (nSPS) is 10.9. The number of rotatable bonds is 4. The Hall–Kier alpha value is -1.62. The Morgan fingerprint density at radius 2 is 2.24 bits per heavy atom. The highest BCUT2D eigenvalue weighted by atomic mass is 35.5. The lowest BCUT2D eigenvalue weighted by Gasteiger charge is -2.05. The maximum absolute atomic E-state index is 10.8. The molecular weight excluding hydrogens is 240 g/mol. The van der Waals surface area contributed by atoms with Crippen LogP contribution in [0.25, 0.3) is 11.2 Å². The number of imidazole rings is 1. The zero-order chi connectivity index (χ0) is 12.4. The zero-order valence-electron chi connectivity index (χ0n) is 9.48. The van der Waals surface area contributed by atoms with Gasteiger partial charge in [0.15, 0.2) is 5.65 Å². The second kappa shape index (κ2) is 4.71. The van der Waals surface area contributed by atoms with Crippen LogP contribution in [0.2, 0.25) is 0 Å². The first-order valence-electron chi connectivity index (χ1n) is 5.29. The zero-order valence-corrected chi connectivity index (χ0v) is 10.2. The Bertz CT molecular complexity index is 564. The van der Waals surface area contributed by atoms with Gasteiger partial charge in [-0.1, -0.05) is 0 Å². The summed E-state index contributed by atoms with van der Waals surface area (Å²) < 4.78 is 1.85. The van der Waals surface area contributed by atoms with Gasteiger partial charge in [0.05, 0.1) is 5.88 Å². The van der Waals surface area contributed by atoms with E-state index >= 15 is 0 Å². The van der Waals surface area contributed by atoms with Gasteiger partial charge in [-0.15, -0.1) is 11.6 Å². The summed E-state index contributed by atoms with van der Waals surface area (Å²) >= 11 is 5.83. The average molecular weight is 253 g/mol. The van der Waals surface area contributed by atoms with Crippen LogP contribution in [0.3, 0.4) is 0 Å². The molecule has 1 amide bonds. The number of pyridine rings is 1. The fourth-order valence-corrected chi connectivity index (χ4v) is 1.91. The summed E-state index contributed by atoms with van der Waals surface area (Å²) in [5.74, 6) is 0.648. The summed E-state index contributed by atoms with van der Waals surface area (Å²) in [6.45, 7) is 2.37. The molecule has 5 nitrogen and oxygen atoms in total. The van der Waals surface area contributed by atoms with Crippen molar-refractivity contribution in [2.45, 2.75) is 25.8 Å². The minimum absolute atomic E-state index is 0.255. The van der Waals surface area contributed by atoms with Gasteiger partial charge < -0.3 is 10.3 Å². The van der Waals surface area contributed by atoms with Crippen molar-refractivity contribution in [3.8, 4) is 0 Å². The van der Waals surface area contributed by atoms with E-state index in [1.807, 2.05) is 23.6 Å². The van der Waals surface area contributed by atoms with Gasteiger partial charge in [0.1, 0.15) is 11.3 Å². The minimum atomic E-state index is -0.347. The maximum atomic E-state index is 10.8. The number of fused-ring (bicyclic) bond motifs is 1. The lowest BCUT2D eigenvalue weighted by atomic mass is 10.3. The number of aromatic nitrogens is 3. The van der Waals surface area contributed by atoms with Crippen LogP contribution in [0.4, 0.5) is 0 Å². The molecule has 2 heterocycles. The number of primary amides is 1. The van der Waals surface area contributed by atoms with Crippen LogP contribution in [0, 0.1) is 6.92 Å². The highest BCUT2D eigenvalue weighted by molar-refractivity contribution is 6.16. The number of aryl methyl sites for hydroxylation is 2. The molecule has 0 saturated carbocycles. The number of carbonyl (C=O) groups excluding carboxylic acids is 1. The molecule has 0 radical (unpaired) electrons. The minimum Gasteiger partial charge on any atom is -0.370 e. The van der Waals surface area contributed by atoms with Crippen LogP contribution in [0.15, 0.2) is 12.1 Å². The summed E-state index contributed by atoms with van der Waals surface area (Å²) in [4.78, 5) is 19.6. The van der Waals surface area contributed by atoms with Gasteiger partial charge >= 0.3 is 0 Å². The lowest BCUT2D eigenvalue weighted by Crippen LogP contribution is -2.15. The monoisotopic (exact) mass is 252 g/mol. The Labute approximate surface area is 104 Å². The lowest BCUT2D eigenvalue weighted by molar-refractivity contribution is -0.118. The molecule has 0 spiro atoms. The van der Waals surface area contributed by atoms with Crippen molar-refractivity contribution < 1.29 is 4.79 Å². The molecule has 0 aromatic carbocycles. The smallest absolute Gasteiger partial charge is 0.219 e. The molecular formula is C11H13ClN4O. The van der Waals surface area contributed by atoms with E-state index in [0.717, 1.165) is 16.9 Å². The van der Waals surface area contributed by atoms with E-state index in [2.05, 4.69) is 9.97 Å². The van der Waals surface area contributed by atoms with Crippen LogP contribution in [0.1, 0.15) is 17.9 Å². The molecule has 0 aliphatic rings. The van der Waals surface area contributed by atoms with Crippen molar-refractivity contribution in [1.82, 2.24) is 14.5 Å². The average Bonchev–Trinajstić information content (AvgIpc) is 2.63. The number of halogens is 1. The van der Waals surface area contributed by atoms with Crippen LogP contribution < -0.4 is 5.73 Å². The van der Waals surface area contributed by atoms with Gasteiger partial charge in [0.25, 0.3) is 0 Å². The molecule has 6 heteroatoms. The van der Waals surface area contributed by atoms with E-state index in [4.69, 9.17) is 17.3 Å². The van der Waals surface area contributed by atoms with E-state index < -0.39 is 0 Å². The second-order valence-electron chi connectivity index (χ2n) is 3.82. The summed E-state index contributed by atoms with van der Waals surface area (Å²) in [5, 5.41) is 0. The number of hydrogen-bond acceptors (Lipinski definition) is 3. The first kappa shape index (κ1) is 11.9. The SMILES string of the molecule is Cc1ccc2nc(CCl)n(CCC(N)=O)c2n1.